The van der Waals surface area contributed by atoms with E-state index in [1.165, 1.54) is 0 Å². The highest BCUT2D eigenvalue weighted by Crippen LogP contribution is 1.91. The maximum Gasteiger partial charge on any atom is 0.178 e. The van der Waals surface area contributed by atoms with Gasteiger partial charge in [-0.05, 0) is 0 Å². The summed E-state index contributed by atoms with van der Waals surface area (Å²) in [6.07, 6.45) is -1.16. The quantitative estimate of drug-likeness (QED) is 0.397. The molecule has 0 radical (unpaired) electrons. The van der Waals surface area contributed by atoms with E-state index in [1.54, 1.807) is 0 Å². The minimum absolute atomic E-state index is 0.0344. The van der Waals surface area contributed by atoms with Crippen molar-refractivity contribution in [2.75, 3.05) is 38.9 Å². The van der Waals surface area contributed by atoms with Gasteiger partial charge in [0.2, 0.25) is 0 Å². The normalized spacial score (nSPS) is 12.8. The Kier molecular flexibility index (Phi) is 9.23. The molecule has 0 spiro atoms. The van der Waals surface area contributed by atoms with Crippen LogP contribution in [0.1, 0.15) is 0 Å². The van der Waals surface area contributed by atoms with Gasteiger partial charge in [0.25, 0.3) is 0 Å². The van der Waals surface area contributed by atoms with Gasteiger partial charge < -0.3 is 19.7 Å². The molecule has 0 bridgehead atoms. The standard InChI is InChI=1S/C8H15ClO5/c9-5-7(11)8(12)6-14-4-3-13-2-1-10/h8,10,12H,1-6H2. The zero-order valence-electron chi connectivity index (χ0n) is 7.82. The third-order valence-electron chi connectivity index (χ3n) is 1.39. The number of hydrogen-bond acceptors (Lipinski definition) is 5. The van der Waals surface area contributed by atoms with Crippen LogP contribution in [0.3, 0.4) is 0 Å². The van der Waals surface area contributed by atoms with Crippen molar-refractivity contribution in [1.29, 1.82) is 0 Å². The Morgan fingerprint density at radius 1 is 1.29 bits per heavy atom. The average molecular weight is 227 g/mol. The maximum atomic E-state index is 10.8. The van der Waals surface area contributed by atoms with Crippen LogP contribution < -0.4 is 0 Å². The molecular formula is C8H15ClO5. The maximum absolute atomic E-state index is 10.8. The highest BCUT2D eigenvalue weighted by Gasteiger charge is 2.12. The molecule has 5 nitrogen and oxygen atoms in total. The first-order valence-corrected chi connectivity index (χ1v) is 4.79. The molecule has 1 atom stereocenters. The van der Waals surface area contributed by atoms with Crippen molar-refractivity contribution < 1.29 is 24.5 Å². The SMILES string of the molecule is O=C(CCl)C(O)COCCOCCO. The second kappa shape index (κ2) is 9.36. The topological polar surface area (TPSA) is 76.0 Å². The number of aliphatic hydroxyl groups excluding tert-OH is 2. The van der Waals surface area contributed by atoms with Gasteiger partial charge in [-0.25, -0.2) is 0 Å². The molecule has 0 amide bonds. The van der Waals surface area contributed by atoms with Crippen molar-refractivity contribution >= 4 is 17.4 Å². The molecule has 0 aliphatic carbocycles. The van der Waals surface area contributed by atoms with Crippen LogP contribution in [-0.2, 0) is 14.3 Å². The van der Waals surface area contributed by atoms with Crippen LogP contribution in [0.5, 0.6) is 0 Å². The monoisotopic (exact) mass is 226 g/mol. The van der Waals surface area contributed by atoms with Gasteiger partial charge in [-0.15, -0.1) is 11.6 Å². The summed E-state index contributed by atoms with van der Waals surface area (Å²) in [5, 5.41) is 17.4. The van der Waals surface area contributed by atoms with Crippen molar-refractivity contribution in [3.8, 4) is 0 Å². The molecule has 14 heavy (non-hydrogen) atoms. The number of carbonyl (C=O) groups is 1. The van der Waals surface area contributed by atoms with Crippen molar-refractivity contribution in [3.05, 3.63) is 0 Å². The van der Waals surface area contributed by atoms with Gasteiger partial charge in [-0.2, -0.15) is 0 Å². The Morgan fingerprint density at radius 2 is 1.93 bits per heavy atom. The predicted octanol–water partition coefficient (Wildman–Crippen LogP) is -0.819. The molecule has 2 N–H and O–H groups in total. The predicted molar refractivity (Wildman–Crippen MR) is 50.5 cm³/mol. The van der Waals surface area contributed by atoms with Gasteiger partial charge in [-0.3, -0.25) is 4.79 Å². The van der Waals surface area contributed by atoms with Gasteiger partial charge in [0.1, 0.15) is 6.10 Å². The van der Waals surface area contributed by atoms with Crippen molar-refractivity contribution in [3.63, 3.8) is 0 Å². The number of rotatable bonds is 9. The van der Waals surface area contributed by atoms with E-state index in [1.807, 2.05) is 0 Å². The molecule has 0 aliphatic heterocycles. The lowest BCUT2D eigenvalue weighted by Gasteiger charge is -2.08. The summed E-state index contributed by atoms with van der Waals surface area (Å²) in [7, 11) is 0. The molecule has 0 fully saturated rings. The third kappa shape index (κ3) is 7.23. The number of carbonyl (C=O) groups excluding carboxylic acids is 1. The van der Waals surface area contributed by atoms with Crippen LogP contribution in [0.25, 0.3) is 0 Å². The molecule has 0 saturated carbocycles. The zero-order valence-corrected chi connectivity index (χ0v) is 8.57. The first-order valence-electron chi connectivity index (χ1n) is 4.25. The molecule has 0 aromatic heterocycles. The van der Waals surface area contributed by atoms with Crippen LogP contribution in [0, 0.1) is 0 Å². The Hall–Kier alpha value is -0.200. The number of Topliss-reactive ketones (excluding diaryl/α,β-unsaturated/α-hetero) is 1. The van der Waals surface area contributed by atoms with Crippen molar-refractivity contribution in [2.24, 2.45) is 0 Å². The summed E-state index contributed by atoms with van der Waals surface area (Å²) in [6, 6.07) is 0. The van der Waals surface area contributed by atoms with Crippen LogP contribution >= 0.6 is 11.6 Å². The lowest BCUT2D eigenvalue weighted by atomic mass is 10.3. The molecule has 0 aromatic rings. The Balaban J connectivity index is 3.23. The van der Waals surface area contributed by atoms with Gasteiger partial charge in [0.05, 0.1) is 38.9 Å². The first kappa shape index (κ1) is 13.8. The van der Waals surface area contributed by atoms with Gasteiger partial charge >= 0.3 is 0 Å². The highest BCUT2D eigenvalue weighted by atomic mass is 35.5. The fourth-order valence-corrected chi connectivity index (χ4v) is 0.840. The Morgan fingerprint density at radius 3 is 2.50 bits per heavy atom. The minimum atomic E-state index is -1.16. The van der Waals surface area contributed by atoms with E-state index < -0.39 is 11.9 Å². The molecule has 0 aliphatic rings. The second-order valence-electron chi connectivity index (χ2n) is 2.53. The van der Waals surface area contributed by atoms with Gasteiger partial charge in [0, 0.05) is 0 Å². The lowest BCUT2D eigenvalue weighted by Crippen LogP contribution is -2.27. The van der Waals surface area contributed by atoms with Crippen LogP contribution in [0.4, 0.5) is 0 Å². The summed E-state index contributed by atoms with van der Waals surface area (Å²) in [5.74, 6) is -0.672. The van der Waals surface area contributed by atoms with E-state index in [4.69, 9.17) is 31.3 Å². The van der Waals surface area contributed by atoms with Crippen molar-refractivity contribution in [2.45, 2.75) is 6.10 Å². The number of ketones is 1. The van der Waals surface area contributed by atoms with Gasteiger partial charge in [-0.1, -0.05) is 0 Å². The zero-order chi connectivity index (χ0) is 10.8. The average Bonchev–Trinajstić information content (AvgIpc) is 2.21. The van der Waals surface area contributed by atoms with E-state index in [0.29, 0.717) is 6.61 Å². The number of hydrogen-bond donors (Lipinski definition) is 2. The fraction of sp³-hybridized carbons (Fsp3) is 0.875. The summed E-state index contributed by atoms with van der Waals surface area (Å²) in [5.41, 5.74) is 0. The van der Waals surface area contributed by atoms with E-state index in [2.05, 4.69) is 0 Å². The smallest absolute Gasteiger partial charge is 0.178 e. The second-order valence-corrected chi connectivity index (χ2v) is 2.79. The molecular weight excluding hydrogens is 212 g/mol. The summed E-state index contributed by atoms with van der Waals surface area (Å²) < 4.78 is 9.81. The summed E-state index contributed by atoms with van der Waals surface area (Å²) in [6.45, 7) is 0.739. The number of aliphatic hydroxyl groups is 2. The van der Waals surface area contributed by atoms with Crippen LogP contribution in [-0.4, -0.2) is 61.0 Å². The number of alkyl halides is 1. The third-order valence-corrected chi connectivity index (χ3v) is 1.65. The summed E-state index contributed by atoms with van der Waals surface area (Å²) >= 11 is 5.21. The Bertz CT molecular complexity index is 153. The minimum Gasteiger partial charge on any atom is -0.394 e. The molecule has 84 valence electrons. The fourth-order valence-electron chi connectivity index (χ4n) is 0.661. The lowest BCUT2D eigenvalue weighted by molar-refractivity contribution is -0.128. The highest BCUT2D eigenvalue weighted by molar-refractivity contribution is 6.28. The largest absolute Gasteiger partial charge is 0.394 e. The van der Waals surface area contributed by atoms with Gasteiger partial charge in [0.15, 0.2) is 5.78 Å². The molecule has 0 heterocycles. The van der Waals surface area contributed by atoms with Crippen LogP contribution in [0.2, 0.25) is 0 Å². The first-order chi connectivity index (χ1) is 6.72. The van der Waals surface area contributed by atoms with E-state index in [-0.39, 0.29) is 32.3 Å². The molecule has 0 aromatic carbocycles. The molecule has 6 heteroatoms. The Labute approximate surface area is 87.6 Å². The van der Waals surface area contributed by atoms with E-state index >= 15 is 0 Å². The summed E-state index contributed by atoms with van der Waals surface area (Å²) in [4.78, 5) is 10.8. The van der Waals surface area contributed by atoms with Crippen LogP contribution in [0.15, 0.2) is 0 Å². The van der Waals surface area contributed by atoms with E-state index in [0.717, 1.165) is 0 Å². The molecule has 1 unspecified atom stereocenters. The molecule has 0 rings (SSSR count). The number of halogens is 1. The number of ether oxygens (including phenoxy) is 2. The van der Waals surface area contributed by atoms with E-state index in [9.17, 15) is 4.79 Å². The molecule has 0 saturated heterocycles. The van der Waals surface area contributed by atoms with Crippen molar-refractivity contribution in [1.82, 2.24) is 0 Å².